The van der Waals surface area contributed by atoms with Gasteiger partial charge in [0.05, 0.1) is 0 Å². The SMILES string of the molecule is Cc1cc(C)c(C#N)c(OC2CCC(C)(C)CC2)n1. The molecule has 0 bridgehead atoms. The van der Waals surface area contributed by atoms with Crippen LogP contribution in [0.2, 0.25) is 0 Å². The van der Waals surface area contributed by atoms with E-state index in [1.165, 1.54) is 12.8 Å². The molecule has 0 aliphatic heterocycles. The zero-order valence-corrected chi connectivity index (χ0v) is 12.3. The van der Waals surface area contributed by atoms with Crippen molar-refractivity contribution in [3.05, 3.63) is 22.9 Å². The van der Waals surface area contributed by atoms with Crippen LogP contribution in [-0.4, -0.2) is 11.1 Å². The Bertz CT molecular complexity index is 504. The number of pyridine rings is 1. The van der Waals surface area contributed by atoms with Gasteiger partial charge in [-0.05, 0) is 56.6 Å². The van der Waals surface area contributed by atoms with Crippen molar-refractivity contribution in [2.75, 3.05) is 0 Å². The van der Waals surface area contributed by atoms with Crippen LogP contribution in [0.4, 0.5) is 0 Å². The minimum Gasteiger partial charge on any atom is -0.473 e. The van der Waals surface area contributed by atoms with Crippen molar-refractivity contribution in [1.29, 1.82) is 5.26 Å². The summed E-state index contributed by atoms with van der Waals surface area (Å²) in [6.45, 7) is 8.48. The second-order valence-corrected chi connectivity index (χ2v) is 6.35. The number of nitrogens with zero attached hydrogens (tertiary/aromatic N) is 2. The third-order valence-corrected chi connectivity index (χ3v) is 3.99. The average Bonchev–Trinajstić information content (AvgIpc) is 2.31. The van der Waals surface area contributed by atoms with Crippen LogP contribution in [0.1, 0.15) is 56.4 Å². The molecule has 2 rings (SSSR count). The molecule has 19 heavy (non-hydrogen) atoms. The number of ether oxygens (including phenoxy) is 1. The maximum Gasteiger partial charge on any atom is 0.232 e. The van der Waals surface area contributed by atoms with Crippen LogP contribution in [0.3, 0.4) is 0 Å². The molecule has 0 saturated heterocycles. The first-order chi connectivity index (χ1) is 8.91. The molecule has 1 aromatic rings. The van der Waals surface area contributed by atoms with Crippen molar-refractivity contribution in [2.45, 2.75) is 59.5 Å². The van der Waals surface area contributed by atoms with E-state index in [-0.39, 0.29) is 6.10 Å². The van der Waals surface area contributed by atoms with Crippen molar-refractivity contribution in [1.82, 2.24) is 4.98 Å². The molecule has 0 amide bonds. The van der Waals surface area contributed by atoms with Crippen LogP contribution >= 0.6 is 0 Å². The summed E-state index contributed by atoms with van der Waals surface area (Å²) in [7, 11) is 0. The molecule has 0 atom stereocenters. The van der Waals surface area contributed by atoms with E-state index >= 15 is 0 Å². The van der Waals surface area contributed by atoms with Gasteiger partial charge in [0, 0.05) is 5.69 Å². The van der Waals surface area contributed by atoms with Crippen LogP contribution in [0.15, 0.2) is 6.07 Å². The Labute approximate surface area is 115 Å². The Morgan fingerprint density at radius 2 is 1.95 bits per heavy atom. The van der Waals surface area contributed by atoms with Crippen molar-refractivity contribution in [3.63, 3.8) is 0 Å². The second kappa shape index (κ2) is 5.21. The minimum absolute atomic E-state index is 0.203. The van der Waals surface area contributed by atoms with Gasteiger partial charge in [-0.3, -0.25) is 0 Å². The quantitative estimate of drug-likeness (QED) is 0.807. The summed E-state index contributed by atoms with van der Waals surface area (Å²) in [5, 5.41) is 9.23. The van der Waals surface area contributed by atoms with Crippen molar-refractivity contribution in [3.8, 4) is 11.9 Å². The lowest BCUT2D eigenvalue weighted by atomic mass is 9.76. The molecule has 1 fully saturated rings. The predicted octanol–water partition coefficient (Wildman–Crippen LogP) is 3.92. The first-order valence-corrected chi connectivity index (χ1v) is 6.96. The van der Waals surface area contributed by atoms with Gasteiger partial charge >= 0.3 is 0 Å². The molecule has 1 aliphatic rings. The first kappa shape index (κ1) is 13.9. The number of nitriles is 1. The van der Waals surface area contributed by atoms with Crippen molar-refractivity contribution >= 4 is 0 Å². The fraction of sp³-hybridized carbons (Fsp3) is 0.625. The van der Waals surface area contributed by atoms with Gasteiger partial charge < -0.3 is 4.74 Å². The average molecular weight is 258 g/mol. The lowest BCUT2D eigenvalue weighted by molar-refractivity contribution is 0.0944. The Morgan fingerprint density at radius 3 is 2.53 bits per heavy atom. The van der Waals surface area contributed by atoms with Gasteiger partial charge in [-0.2, -0.15) is 5.26 Å². The smallest absolute Gasteiger partial charge is 0.232 e. The van der Waals surface area contributed by atoms with Crippen LogP contribution < -0.4 is 4.74 Å². The van der Waals surface area contributed by atoms with Crippen LogP contribution in [0.5, 0.6) is 5.88 Å². The van der Waals surface area contributed by atoms with Gasteiger partial charge in [-0.25, -0.2) is 4.98 Å². The summed E-state index contributed by atoms with van der Waals surface area (Å²) in [6.07, 6.45) is 4.64. The summed E-state index contributed by atoms with van der Waals surface area (Å²) < 4.78 is 6.00. The van der Waals surface area contributed by atoms with E-state index in [1.54, 1.807) is 0 Å². The van der Waals surface area contributed by atoms with Crippen LogP contribution in [-0.2, 0) is 0 Å². The molecule has 0 radical (unpaired) electrons. The summed E-state index contributed by atoms with van der Waals surface area (Å²) in [6, 6.07) is 4.14. The molecule has 3 heteroatoms. The zero-order chi connectivity index (χ0) is 14.0. The number of hydrogen-bond acceptors (Lipinski definition) is 3. The molecule has 1 aromatic heterocycles. The van der Waals surface area contributed by atoms with Gasteiger partial charge in [-0.1, -0.05) is 13.8 Å². The Hall–Kier alpha value is -1.56. The molecule has 1 saturated carbocycles. The Morgan fingerprint density at radius 1 is 1.32 bits per heavy atom. The minimum atomic E-state index is 0.203. The van der Waals surface area contributed by atoms with Crippen LogP contribution in [0, 0.1) is 30.6 Å². The number of hydrogen-bond donors (Lipinski definition) is 0. The van der Waals surface area contributed by atoms with Crippen molar-refractivity contribution < 1.29 is 4.74 Å². The molecule has 0 unspecified atom stereocenters. The molecule has 0 spiro atoms. The molecule has 0 aromatic carbocycles. The summed E-state index contributed by atoms with van der Waals surface area (Å²) >= 11 is 0. The monoisotopic (exact) mass is 258 g/mol. The lowest BCUT2D eigenvalue weighted by Gasteiger charge is -2.34. The highest BCUT2D eigenvalue weighted by atomic mass is 16.5. The standard InChI is InChI=1S/C16H22N2O/c1-11-9-12(2)18-15(14(11)10-17)19-13-5-7-16(3,4)8-6-13/h9,13H,5-8H2,1-4H3. The fourth-order valence-corrected chi connectivity index (χ4v) is 2.67. The number of aryl methyl sites for hydroxylation is 2. The fourth-order valence-electron chi connectivity index (χ4n) is 2.67. The first-order valence-electron chi connectivity index (χ1n) is 6.96. The molecule has 102 valence electrons. The van der Waals surface area contributed by atoms with E-state index in [2.05, 4.69) is 24.9 Å². The maximum absolute atomic E-state index is 9.23. The topological polar surface area (TPSA) is 45.9 Å². The van der Waals surface area contributed by atoms with Gasteiger partial charge in [0.2, 0.25) is 5.88 Å². The van der Waals surface area contributed by atoms with E-state index in [0.29, 0.717) is 16.9 Å². The Balaban J connectivity index is 2.14. The number of rotatable bonds is 2. The highest BCUT2D eigenvalue weighted by Gasteiger charge is 2.28. The molecule has 0 N–H and O–H groups in total. The highest BCUT2D eigenvalue weighted by molar-refractivity contribution is 5.45. The third kappa shape index (κ3) is 3.26. The largest absolute Gasteiger partial charge is 0.473 e. The normalized spacial score (nSPS) is 18.9. The van der Waals surface area contributed by atoms with Gasteiger partial charge in [0.25, 0.3) is 0 Å². The molecule has 3 nitrogen and oxygen atoms in total. The van der Waals surface area contributed by atoms with Gasteiger partial charge in [0.15, 0.2) is 0 Å². The summed E-state index contributed by atoms with van der Waals surface area (Å²) in [5.41, 5.74) is 2.85. The lowest BCUT2D eigenvalue weighted by Crippen LogP contribution is -2.29. The van der Waals surface area contributed by atoms with E-state index in [0.717, 1.165) is 24.1 Å². The van der Waals surface area contributed by atoms with E-state index in [1.807, 2.05) is 19.9 Å². The van der Waals surface area contributed by atoms with Gasteiger partial charge in [-0.15, -0.1) is 0 Å². The summed E-state index contributed by atoms with van der Waals surface area (Å²) in [5.74, 6) is 0.518. The van der Waals surface area contributed by atoms with E-state index in [9.17, 15) is 5.26 Å². The number of aromatic nitrogens is 1. The van der Waals surface area contributed by atoms with Crippen LogP contribution in [0.25, 0.3) is 0 Å². The maximum atomic E-state index is 9.23. The van der Waals surface area contributed by atoms with E-state index < -0.39 is 0 Å². The third-order valence-electron chi connectivity index (χ3n) is 3.99. The molecule has 1 heterocycles. The van der Waals surface area contributed by atoms with E-state index in [4.69, 9.17) is 4.74 Å². The second-order valence-electron chi connectivity index (χ2n) is 6.35. The zero-order valence-electron chi connectivity index (χ0n) is 12.3. The molecule has 1 aliphatic carbocycles. The summed E-state index contributed by atoms with van der Waals surface area (Å²) in [4.78, 5) is 4.39. The molecular formula is C16H22N2O. The molecular weight excluding hydrogens is 236 g/mol. The van der Waals surface area contributed by atoms with Crippen molar-refractivity contribution in [2.24, 2.45) is 5.41 Å². The predicted molar refractivity (Wildman–Crippen MR) is 75.1 cm³/mol. The highest BCUT2D eigenvalue weighted by Crippen LogP contribution is 2.36. The Kier molecular flexibility index (Phi) is 3.80. The van der Waals surface area contributed by atoms with Gasteiger partial charge in [0.1, 0.15) is 17.7 Å².